The molecule has 2 heterocycles. The topological polar surface area (TPSA) is 85.1 Å². The van der Waals surface area contributed by atoms with E-state index in [0.29, 0.717) is 22.5 Å². The molecule has 0 bridgehead atoms. The van der Waals surface area contributed by atoms with Gasteiger partial charge in [0.25, 0.3) is 0 Å². The molecule has 0 atom stereocenters. The molecular formula is C19H18ClN5O2S2. The van der Waals surface area contributed by atoms with Crippen LogP contribution in [0, 0.1) is 0 Å². The lowest BCUT2D eigenvalue weighted by Gasteiger charge is -2.07. The number of nitrogens with one attached hydrogen (secondary N) is 1. The van der Waals surface area contributed by atoms with E-state index in [2.05, 4.69) is 20.5 Å². The molecule has 0 radical (unpaired) electrons. The monoisotopic (exact) mass is 447 g/mol. The number of imidazole rings is 1. The van der Waals surface area contributed by atoms with Crippen molar-refractivity contribution >= 4 is 56.6 Å². The van der Waals surface area contributed by atoms with E-state index in [1.54, 1.807) is 18.9 Å². The van der Waals surface area contributed by atoms with Crippen molar-refractivity contribution in [2.75, 3.05) is 19.0 Å². The quantitative estimate of drug-likeness (QED) is 0.382. The van der Waals surface area contributed by atoms with E-state index in [9.17, 15) is 5.11 Å². The van der Waals surface area contributed by atoms with E-state index in [1.807, 2.05) is 47.0 Å². The number of hydrogen-bond acceptors (Lipinski definition) is 8. The van der Waals surface area contributed by atoms with E-state index >= 15 is 0 Å². The number of fused-ring (bicyclic) bond motifs is 1. The van der Waals surface area contributed by atoms with Gasteiger partial charge in [0.2, 0.25) is 5.13 Å². The number of benzene rings is 2. The number of methoxy groups -OCH3 is 1. The molecule has 2 aromatic heterocycles. The van der Waals surface area contributed by atoms with Gasteiger partial charge in [0.05, 0.1) is 36.2 Å². The first kappa shape index (κ1) is 20.0. The molecule has 0 unspecified atom stereocenters. The molecule has 0 aliphatic carbocycles. The Morgan fingerprint density at radius 1 is 1.24 bits per heavy atom. The van der Waals surface area contributed by atoms with Crippen LogP contribution in [-0.2, 0) is 12.3 Å². The predicted octanol–water partition coefficient (Wildman–Crippen LogP) is 4.58. The van der Waals surface area contributed by atoms with Crippen LogP contribution < -0.4 is 10.1 Å². The number of aromatic nitrogens is 4. The van der Waals surface area contributed by atoms with Crippen LogP contribution in [0.3, 0.4) is 0 Å². The van der Waals surface area contributed by atoms with Gasteiger partial charge in [0.15, 0.2) is 4.34 Å². The van der Waals surface area contributed by atoms with Crippen LogP contribution in [0.5, 0.6) is 5.75 Å². The van der Waals surface area contributed by atoms with Crippen molar-refractivity contribution in [3.63, 3.8) is 0 Å². The predicted molar refractivity (Wildman–Crippen MR) is 118 cm³/mol. The third-order valence-electron chi connectivity index (χ3n) is 4.19. The smallest absolute Gasteiger partial charge is 0.210 e. The second-order valence-electron chi connectivity index (χ2n) is 6.02. The van der Waals surface area contributed by atoms with E-state index in [-0.39, 0.29) is 6.61 Å². The Kier molecular flexibility index (Phi) is 6.19. The van der Waals surface area contributed by atoms with Gasteiger partial charge in [0.1, 0.15) is 11.6 Å². The molecule has 2 aromatic carbocycles. The van der Waals surface area contributed by atoms with E-state index in [4.69, 9.17) is 16.3 Å². The Bertz CT molecular complexity index is 1130. The maximum atomic E-state index is 9.44. The molecule has 0 spiro atoms. The van der Waals surface area contributed by atoms with Gasteiger partial charge in [-0.25, -0.2) is 4.98 Å². The number of aliphatic hydroxyl groups is 1. The van der Waals surface area contributed by atoms with Crippen LogP contribution in [-0.4, -0.2) is 38.6 Å². The molecule has 150 valence electrons. The van der Waals surface area contributed by atoms with E-state index in [1.165, 1.54) is 11.3 Å². The standard InChI is InChI=1S/C19H18ClN5O2S2/c1-27-16-5-3-2-4-14(16)22-18-23-24-19(29-18)28-11-17-21-13-7-6-12(20)10-15(13)25(17)8-9-26/h2-7,10,26H,8-9,11H2,1H3,(H,22,23). The van der Waals surface area contributed by atoms with Crippen molar-refractivity contribution in [2.24, 2.45) is 0 Å². The largest absolute Gasteiger partial charge is 0.495 e. The molecule has 2 N–H and O–H groups in total. The summed E-state index contributed by atoms with van der Waals surface area (Å²) in [6, 6.07) is 13.2. The van der Waals surface area contributed by atoms with Crippen molar-refractivity contribution in [1.82, 2.24) is 19.7 Å². The molecule has 0 fully saturated rings. The Morgan fingerprint density at radius 2 is 2.10 bits per heavy atom. The van der Waals surface area contributed by atoms with Crippen LogP contribution in [0.1, 0.15) is 5.82 Å². The summed E-state index contributed by atoms with van der Waals surface area (Å²) in [7, 11) is 1.63. The third kappa shape index (κ3) is 4.48. The minimum atomic E-state index is 0.0292. The number of rotatable bonds is 8. The van der Waals surface area contributed by atoms with Crippen LogP contribution in [0.15, 0.2) is 46.8 Å². The fourth-order valence-corrected chi connectivity index (χ4v) is 4.79. The van der Waals surface area contributed by atoms with Crippen molar-refractivity contribution < 1.29 is 9.84 Å². The molecule has 7 nitrogen and oxygen atoms in total. The highest BCUT2D eigenvalue weighted by Gasteiger charge is 2.13. The lowest BCUT2D eigenvalue weighted by Crippen LogP contribution is -2.06. The van der Waals surface area contributed by atoms with Gasteiger partial charge in [-0.2, -0.15) is 0 Å². The zero-order valence-corrected chi connectivity index (χ0v) is 17.9. The minimum Gasteiger partial charge on any atom is -0.495 e. The first-order chi connectivity index (χ1) is 14.2. The molecule has 0 saturated carbocycles. The molecule has 4 aromatic rings. The number of halogens is 1. The van der Waals surface area contributed by atoms with Gasteiger partial charge >= 0.3 is 0 Å². The SMILES string of the molecule is COc1ccccc1Nc1nnc(SCc2nc3ccc(Cl)cc3n2CCO)s1. The normalized spacial score (nSPS) is 11.1. The van der Waals surface area contributed by atoms with Gasteiger partial charge in [-0.3, -0.25) is 0 Å². The lowest BCUT2D eigenvalue weighted by molar-refractivity contribution is 0.276. The first-order valence-electron chi connectivity index (χ1n) is 8.80. The van der Waals surface area contributed by atoms with Crippen molar-refractivity contribution in [3.8, 4) is 5.75 Å². The summed E-state index contributed by atoms with van der Waals surface area (Å²) in [4.78, 5) is 4.68. The van der Waals surface area contributed by atoms with Gasteiger partial charge < -0.3 is 19.7 Å². The fourth-order valence-electron chi connectivity index (χ4n) is 2.91. The molecular weight excluding hydrogens is 430 g/mol. The molecule has 0 saturated heterocycles. The Balaban J connectivity index is 1.49. The summed E-state index contributed by atoms with van der Waals surface area (Å²) in [6.45, 7) is 0.491. The Labute approximate surface area is 180 Å². The summed E-state index contributed by atoms with van der Waals surface area (Å²) >= 11 is 9.13. The highest BCUT2D eigenvalue weighted by molar-refractivity contribution is 8.00. The molecule has 10 heteroatoms. The van der Waals surface area contributed by atoms with Crippen LogP contribution in [0.2, 0.25) is 5.02 Å². The molecule has 0 amide bonds. The third-order valence-corrected chi connectivity index (χ3v) is 6.40. The number of hydrogen-bond donors (Lipinski definition) is 2. The number of ether oxygens (including phenoxy) is 1. The molecule has 0 aliphatic rings. The average Bonchev–Trinajstić information content (AvgIpc) is 3.31. The Morgan fingerprint density at radius 3 is 2.93 bits per heavy atom. The highest BCUT2D eigenvalue weighted by atomic mass is 35.5. The number of para-hydroxylation sites is 2. The maximum Gasteiger partial charge on any atom is 0.210 e. The van der Waals surface area contributed by atoms with Gasteiger partial charge in [-0.1, -0.05) is 46.8 Å². The Hall–Kier alpha value is -2.33. The van der Waals surface area contributed by atoms with Crippen LogP contribution in [0.25, 0.3) is 11.0 Å². The highest BCUT2D eigenvalue weighted by Crippen LogP contribution is 2.33. The van der Waals surface area contributed by atoms with Crippen molar-refractivity contribution in [1.29, 1.82) is 0 Å². The minimum absolute atomic E-state index is 0.0292. The first-order valence-corrected chi connectivity index (χ1v) is 11.0. The summed E-state index contributed by atoms with van der Waals surface area (Å²) in [5.74, 6) is 2.21. The fraction of sp³-hybridized carbons (Fsp3) is 0.211. The van der Waals surface area contributed by atoms with Gasteiger partial charge in [-0.05, 0) is 30.3 Å². The summed E-state index contributed by atoms with van der Waals surface area (Å²) in [5.41, 5.74) is 2.61. The number of anilines is 2. The second kappa shape index (κ2) is 9.00. The summed E-state index contributed by atoms with van der Waals surface area (Å²) in [5, 5.41) is 22.5. The van der Waals surface area contributed by atoms with Crippen molar-refractivity contribution in [3.05, 3.63) is 53.3 Å². The summed E-state index contributed by atoms with van der Waals surface area (Å²) in [6.07, 6.45) is 0. The zero-order chi connectivity index (χ0) is 20.2. The van der Waals surface area contributed by atoms with E-state index < -0.39 is 0 Å². The summed E-state index contributed by atoms with van der Waals surface area (Å²) < 4.78 is 8.16. The van der Waals surface area contributed by atoms with E-state index in [0.717, 1.165) is 32.6 Å². The zero-order valence-electron chi connectivity index (χ0n) is 15.5. The van der Waals surface area contributed by atoms with Crippen LogP contribution >= 0.6 is 34.7 Å². The second-order valence-corrected chi connectivity index (χ2v) is 8.66. The van der Waals surface area contributed by atoms with Crippen LogP contribution in [0.4, 0.5) is 10.8 Å². The number of thioether (sulfide) groups is 1. The van der Waals surface area contributed by atoms with Gasteiger partial charge in [0, 0.05) is 11.6 Å². The van der Waals surface area contributed by atoms with Crippen molar-refractivity contribution in [2.45, 2.75) is 16.6 Å². The molecule has 4 rings (SSSR count). The number of aliphatic hydroxyl groups excluding tert-OH is 1. The lowest BCUT2D eigenvalue weighted by atomic mass is 10.3. The maximum absolute atomic E-state index is 9.44. The molecule has 0 aliphatic heterocycles. The molecule has 29 heavy (non-hydrogen) atoms. The van der Waals surface area contributed by atoms with Gasteiger partial charge in [-0.15, -0.1) is 10.2 Å². The number of nitrogens with zero attached hydrogens (tertiary/aromatic N) is 4. The average molecular weight is 448 g/mol.